The second-order valence-corrected chi connectivity index (χ2v) is 3.69. The van der Waals surface area contributed by atoms with Crippen molar-refractivity contribution in [3.63, 3.8) is 0 Å². The zero-order chi connectivity index (χ0) is 5.70. The molecule has 0 aliphatic carbocycles. The van der Waals surface area contributed by atoms with E-state index in [0.29, 0.717) is 0 Å². The van der Waals surface area contributed by atoms with Gasteiger partial charge in [-0.2, -0.15) is 4.21 Å². The highest BCUT2D eigenvalue weighted by molar-refractivity contribution is 7.63. The SMILES string of the molecule is C=PN(P=C)P=C. The van der Waals surface area contributed by atoms with Gasteiger partial charge in [-0.15, -0.1) is 0 Å². The number of hydrogen-bond acceptors (Lipinski definition) is 1. The third kappa shape index (κ3) is 3.09. The summed E-state index contributed by atoms with van der Waals surface area (Å²) in [6.45, 7) is 0. The van der Waals surface area contributed by atoms with Crippen molar-refractivity contribution in [1.82, 2.24) is 4.21 Å². The standard InChI is InChI=1S/C3H6NP3/c1-5-4(6-2)7-3/h1-3H2. The smallest absolute Gasteiger partial charge is 0.00816 e. The maximum absolute atomic E-state index is 3.63. The fourth-order valence-corrected chi connectivity index (χ4v) is 1.21. The third-order valence-electron chi connectivity index (χ3n) is 0.379. The second kappa shape index (κ2) is 4.62. The first-order valence-electron chi connectivity index (χ1n) is 1.55. The Kier molecular flexibility index (Phi) is 4.94. The lowest BCUT2D eigenvalue weighted by molar-refractivity contribution is 1.29. The molecule has 0 aliphatic rings. The van der Waals surface area contributed by atoms with E-state index in [1.165, 1.54) is 0 Å². The van der Waals surface area contributed by atoms with Crippen LogP contribution in [-0.2, 0) is 0 Å². The Balaban J connectivity index is 3.57. The van der Waals surface area contributed by atoms with Gasteiger partial charge >= 0.3 is 0 Å². The van der Waals surface area contributed by atoms with Crippen LogP contribution < -0.4 is 0 Å². The molecule has 0 heterocycles. The Labute approximate surface area is 48.9 Å². The Morgan fingerprint density at radius 3 is 1.14 bits per heavy atom. The molecule has 0 aromatic carbocycles. The van der Waals surface area contributed by atoms with Crippen LogP contribution in [0.3, 0.4) is 0 Å². The highest BCUT2D eigenvalue weighted by Gasteiger charge is 1.80. The van der Waals surface area contributed by atoms with Crippen molar-refractivity contribution >= 4 is 44.0 Å². The molecule has 0 aromatic heterocycles. The van der Waals surface area contributed by atoms with Crippen LogP contribution in [0.1, 0.15) is 0 Å². The first kappa shape index (κ1) is 7.47. The molecular formula is C3H6NP3. The summed E-state index contributed by atoms with van der Waals surface area (Å²) >= 11 is 0. The van der Waals surface area contributed by atoms with Crippen LogP contribution >= 0.6 is 25.1 Å². The molecule has 4 heteroatoms. The average molecular weight is 149 g/mol. The Morgan fingerprint density at radius 2 is 1.14 bits per heavy atom. The molecule has 38 valence electrons. The van der Waals surface area contributed by atoms with E-state index in [2.05, 4.69) is 18.9 Å². The van der Waals surface area contributed by atoms with Gasteiger partial charge < -0.3 is 0 Å². The molecule has 0 unspecified atom stereocenters. The molecule has 0 fully saturated rings. The fraction of sp³-hybridized carbons (Fsp3) is 0. The third-order valence-corrected chi connectivity index (χ3v) is 3.42. The lowest BCUT2D eigenvalue weighted by Gasteiger charge is -1.95. The molecule has 0 saturated carbocycles. The maximum Gasteiger partial charge on any atom is -0.00816 e. The van der Waals surface area contributed by atoms with Crippen LogP contribution in [0.5, 0.6) is 0 Å². The maximum atomic E-state index is 3.63. The van der Waals surface area contributed by atoms with E-state index in [0.717, 1.165) is 25.1 Å². The quantitative estimate of drug-likeness (QED) is 0.555. The van der Waals surface area contributed by atoms with E-state index in [9.17, 15) is 0 Å². The highest BCUT2D eigenvalue weighted by Crippen LogP contribution is 2.24. The van der Waals surface area contributed by atoms with Crippen molar-refractivity contribution in [2.75, 3.05) is 0 Å². The molecule has 0 saturated heterocycles. The van der Waals surface area contributed by atoms with Crippen molar-refractivity contribution in [2.24, 2.45) is 0 Å². The van der Waals surface area contributed by atoms with Gasteiger partial charge in [-0.3, -0.25) is 0 Å². The van der Waals surface area contributed by atoms with Gasteiger partial charge in [0.25, 0.3) is 0 Å². The van der Waals surface area contributed by atoms with Gasteiger partial charge in [0, 0.05) is 0 Å². The molecule has 0 radical (unpaired) electrons. The lowest BCUT2D eigenvalue weighted by atomic mass is 12.0. The van der Waals surface area contributed by atoms with Crippen LogP contribution in [-0.4, -0.2) is 23.1 Å². The zero-order valence-electron chi connectivity index (χ0n) is 3.91. The van der Waals surface area contributed by atoms with Crippen molar-refractivity contribution in [3.8, 4) is 0 Å². The molecule has 0 rings (SSSR count). The summed E-state index contributed by atoms with van der Waals surface area (Å²) in [5, 5.41) is 0. The molecule has 7 heavy (non-hydrogen) atoms. The Bertz CT molecular complexity index is 71.2. The van der Waals surface area contributed by atoms with Crippen LogP contribution in [0.15, 0.2) is 0 Å². The van der Waals surface area contributed by atoms with Gasteiger partial charge in [0.05, 0.1) is 0 Å². The summed E-state index contributed by atoms with van der Waals surface area (Å²) in [7, 11) is 2.98. The van der Waals surface area contributed by atoms with Gasteiger partial charge in [-0.05, 0) is 25.1 Å². The van der Waals surface area contributed by atoms with Crippen molar-refractivity contribution in [3.05, 3.63) is 0 Å². The molecule has 0 aromatic rings. The molecule has 0 spiro atoms. The first-order chi connectivity index (χ1) is 3.35. The normalized spacial score (nSPS) is 11.6. The van der Waals surface area contributed by atoms with E-state index in [-0.39, 0.29) is 0 Å². The summed E-state index contributed by atoms with van der Waals surface area (Å²) < 4.78 is 1.96. The van der Waals surface area contributed by atoms with Gasteiger partial charge in [-0.25, -0.2) is 0 Å². The van der Waals surface area contributed by atoms with Crippen LogP contribution in [0, 0.1) is 0 Å². The lowest BCUT2D eigenvalue weighted by Crippen LogP contribution is -1.69. The molecule has 1 nitrogen and oxygen atoms in total. The largest absolute Gasteiger partial charge is 0.160 e. The topological polar surface area (TPSA) is 3.24 Å². The van der Waals surface area contributed by atoms with Crippen LogP contribution in [0.2, 0.25) is 0 Å². The Morgan fingerprint density at radius 1 is 0.857 bits per heavy atom. The molecule has 0 atom stereocenters. The van der Waals surface area contributed by atoms with Crippen LogP contribution in [0.4, 0.5) is 0 Å². The van der Waals surface area contributed by atoms with Crippen molar-refractivity contribution in [1.29, 1.82) is 0 Å². The predicted octanol–water partition coefficient (Wildman–Crippen LogP) is 2.17. The second-order valence-electron chi connectivity index (χ2n) is 0.693. The molecule has 0 bridgehead atoms. The minimum absolute atomic E-state index is 0.993. The van der Waals surface area contributed by atoms with E-state index < -0.39 is 0 Å². The summed E-state index contributed by atoms with van der Waals surface area (Å²) in [5.74, 6) is 0. The minimum atomic E-state index is 0.993. The zero-order valence-corrected chi connectivity index (χ0v) is 6.59. The van der Waals surface area contributed by atoms with Gasteiger partial charge in [0.15, 0.2) is 0 Å². The van der Waals surface area contributed by atoms with Crippen molar-refractivity contribution < 1.29 is 0 Å². The van der Waals surface area contributed by atoms with Gasteiger partial charge in [0.1, 0.15) is 0 Å². The van der Waals surface area contributed by atoms with E-state index >= 15 is 0 Å². The summed E-state index contributed by atoms with van der Waals surface area (Å²) in [4.78, 5) is 0. The molecular weight excluding hydrogens is 143 g/mol. The first-order valence-corrected chi connectivity index (χ1v) is 4.65. The number of rotatable bonds is 3. The van der Waals surface area contributed by atoms with Gasteiger partial charge in [-0.1, -0.05) is 18.9 Å². The average Bonchev–Trinajstić information content (AvgIpc) is 1.72. The summed E-state index contributed by atoms with van der Waals surface area (Å²) in [6, 6.07) is 0. The number of nitrogens with zero attached hydrogens (tertiary/aromatic N) is 1. The van der Waals surface area contributed by atoms with E-state index in [1.807, 2.05) is 4.21 Å². The molecule has 0 aliphatic heterocycles. The van der Waals surface area contributed by atoms with E-state index in [4.69, 9.17) is 0 Å². The summed E-state index contributed by atoms with van der Waals surface area (Å²) in [5.41, 5.74) is 0. The van der Waals surface area contributed by atoms with Gasteiger partial charge in [0.2, 0.25) is 0 Å². The van der Waals surface area contributed by atoms with Crippen LogP contribution in [0.25, 0.3) is 0 Å². The fourth-order valence-electron chi connectivity index (χ4n) is 0.134. The predicted molar refractivity (Wildman–Crippen MR) is 44.0 cm³/mol. The summed E-state index contributed by atoms with van der Waals surface area (Å²) in [6.07, 6.45) is 10.9. The van der Waals surface area contributed by atoms with Crippen molar-refractivity contribution in [2.45, 2.75) is 0 Å². The highest BCUT2D eigenvalue weighted by atomic mass is 31.2. The Hall–Kier alpha value is 0.470. The monoisotopic (exact) mass is 149 g/mol. The minimum Gasteiger partial charge on any atom is -0.160 e. The van der Waals surface area contributed by atoms with E-state index in [1.54, 1.807) is 0 Å². The molecule has 0 amide bonds. The number of hydrogen-bond donors (Lipinski definition) is 0. The molecule has 0 N–H and O–H groups in total.